The van der Waals surface area contributed by atoms with Crippen molar-refractivity contribution in [1.82, 2.24) is 9.80 Å². The Morgan fingerprint density at radius 3 is 2.41 bits per heavy atom. The predicted octanol–water partition coefficient (Wildman–Crippen LogP) is 1.63. The second kappa shape index (κ2) is 6.47. The first-order chi connectivity index (χ1) is 8.04. The van der Waals surface area contributed by atoms with Gasteiger partial charge in [-0.15, -0.1) is 0 Å². The zero-order chi connectivity index (χ0) is 12.8. The van der Waals surface area contributed by atoms with Crippen LogP contribution in [0.4, 0.5) is 4.79 Å². The number of hydrogen-bond acceptors (Lipinski definition) is 2. The van der Waals surface area contributed by atoms with Gasteiger partial charge in [0.25, 0.3) is 0 Å². The summed E-state index contributed by atoms with van der Waals surface area (Å²) >= 11 is 0. The molecule has 98 valence electrons. The largest absolute Gasteiger partial charge is 0.481 e. The SMILES string of the molecule is CCCN(CC1CC1)C(=O)N(C)CCC(=O)O. The normalized spacial score (nSPS) is 14.5. The topological polar surface area (TPSA) is 60.9 Å². The molecule has 0 aliphatic heterocycles. The van der Waals surface area contributed by atoms with Crippen molar-refractivity contribution in [1.29, 1.82) is 0 Å². The van der Waals surface area contributed by atoms with Gasteiger partial charge in [0.1, 0.15) is 0 Å². The Morgan fingerprint density at radius 2 is 1.94 bits per heavy atom. The molecule has 0 saturated heterocycles. The van der Waals surface area contributed by atoms with Crippen LogP contribution in [0.25, 0.3) is 0 Å². The predicted molar refractivity (Wildman–Crippen MR) is 64.9 cm³/mol. The smallest absolute Gasteiger partial charge is 0.319 e. The lowest BCUT2D eigenvalue weighted by Crippen LogP contribution is -2.43. The average molecular weight is 242 g/mol. The molecule has 5 heteroatoms. The summed E-state index contributed by atoms with van der Waals surface area (Å²) in [6, 6.07) is -0.0417. The molecule has 0 aromatic heterocycles. The number of hydrogen-bond donors (Lipinski definition) is 1. The Morgan fingerprint density at radius 1 is 1.29 bits per heavy atom. The fraction of sp³-hybridized carbons (Fsp3) is 0.833. The maximum absolute atomic E-state index is 12.1. The fourth-order valence-corrected chi connectivity index (χ4v) is 1.75. The summed E-state index contributed by atoms with van der Waals surface area (Å²) in [7, 11) is 1.67. The second-order valence-corrected chi connectivity index (χ2v) is 4.74. The number of carbonyl (C=O) groups excluding carboxylic acids is 1. The van der Waals surface area contributed by atoms with E-state index in [2.05, 4.69) is 0 Å². The van der Waals surface area contributed by atoms with E-state index in [1.807, 2.05) is 11.8 Å². The van der Waals surface area contributed by atoms with Crippen LogP contribution in [-0.2, 0) is 4.79 Å². The van der Waals surface area contributed by atoms with Gasteiger partial charge in [-0.2, -0.15) is 0 Å². The van der Waals surface area contributed by atoms with Crippen LogP contribution in [0.2, 0.25) is 0 Å². The zero-order valence-electron chi connectivity index (χ0n) is 10.7. The minimum atomic E-state index is -0.867. The van der Waals surface area contributed by atoms with Crippen molar-refractivity contribution in [2.45, 2.75) is 32.6 Å². The van der Waals surface area contributed by atoms with E-state index in [0.717, 1.165) is 19.5 Å². The Labute approximate surface area is 102 Å². The third-order valence-electron chi connectivity index (χ3n) is 2.93. The van der Waals surface area contributed by atoms with E-state index in [-0.39, 0.29) is 19.0 Å². The number of carboxylic acid groups (broad SMARTS) is 1. The Bertz CT molecular complexity index is 277. The van der Waals surface area contributed by atoms with E-state index in [4.69, 9.17) is 5.11 Å². The fourth-order valence-electron chi connectivity index (χ4n) is 1.75. The van der Waals surface area contributed by atoms with Gasteiger partial charge in [-0.25, -0.2) is 4.79 Å². The number of aliphatic carboxylic acids is 1. The minimum absolute atomic E-state index is 0.00559. The van der Waals surface area contributed by atoms with Gasteiger partial charge in [0.2, 0.25) is 0 Å². The third kappa shape index (κ3) is 5.06. The maximum Gasteiger partial charge on any atom is 0.319 e. The van der Waals surface area contributed by atoms with Gasteiger partial charge in [-0.1, -0.05) is 6.92 Å². The summed E-state index contributed by atoms with van der Waals surface area (Å²) in [6.45, 7) is 3.90. The number of urea groups is 1. The lowest BCUT2D eigenvalue weighted by atomic mass is 10.3. The van der Waals surface area contributed by atoms with Crippen molar-refractivity contribution in [3.05, 3.63) is 0 Å². The number of rotatable bonds is 7. The zero-order valence-corrected chi connectivity index (χ0v) is 10.7. The van der Waals surface area contributed by atoms with Crippen LogP contribution in [0.3, 0.4) is 0 Å². The van der Waals surface area contributed by atoms with Gasteiger partial charge in [0.05, 0.1) is 6.42 Å². The molecule has 5 nitrogen and oxygen atoms in total. The third-order valence-corrected chi connectivity index (χ3v) is 2.93. The maximum atomic E-state index is 12.1. The molecule has 1 saturated carbocycles. The Balaban J connectivity index is 2.40. The van der Waals surface area contributed by atoms with Gasteiger partial charge >= 0.3 is 12.0 Å². The van der Waals surface area contributed by atoms with Gasteiger partial charge in [-0.3, -0.25) is 4.79 Å². The molecule has 1 aliphatic rings. The molecule has 0 atom stereocenters. The molecule has 0 heterocycles. The lowest BCUT2D eigenvalue weighted by molar-refractivity contribution is -0.137. The summed E-state index contributed by atoms with van der Waals surface area (Å²) in [6.07, 6.45) is 3.37. The van der Waals surface area contributed by atoms with Crippen molar-refractivity contribution < 1.29 is 14.7 Å². The Hall–Kier alpha value is -1.26. The standard InChI is InChI=1S/C12H22N2O3/c1-3-7-14(9-10-4-5-10)12(17)13(2)8-6-11(15)16/h10H,3-9H2,1-2H3,(H,15,16). The molecule has 0 aromatic carbocycles. The van der Waals surface area contributed by atoms with Gasteiger partial charge in [-0.05, 0) is 25.2 Å². The molecule has 0 radical (unpaired) electrons. The molecule has 1 aliphatic carbocycles. The summed E-state index contributed by atoms with van der Waals surface area (Å²) in [5, 5.41) is 8.59. The highest BCUT2D eigenvalue weighted by Gasteiger charge is 2.27. The quantitative estimate of drug-likeness (QED) is 0.738. The van der Waals surface area contributed by atoms with Crippen LogP contribution in [-0.4, -0.2) is 53.6 Å². The van der Waals surface area contributed by atoms with Crippen molar-refractivity contribution in [2.75, 3.05) is 26.7 Å². The second-order valence-electron chi connectivity index (χ2n) is 4.74. The number of carbonyl (C=O) groups is 2. The van der Waals surface area contributed by atoms with Crippen molar-refractivity contribution in [3.63, 3.8) is 0 Å². The van der Waals surface area contributed by atoms with Gasteiger partial charge in [0, 0.05) is 26.7 Å². The van der Waals surface area contributed by atoms with Crippen molar-refractivity contribution >= 4 is 12.0 Å². The van der Waals surface area contributed by atoms with E-state index in [0.29, 0.717) is 5.92 Å². The average Bonchev–Trinajstić information content (AvgIpc) is 3.08. The van der Waals surface area contributed by atoms with E-state index in [1.165, 1.54) is 17.7 Å². The monoisotopic (exact) mass is 242 g/mol. The van der Waals surface area contributed by atoms with E-state index < -0.39 is 5.97 Å². The van der Waals surface area contributed by atoms with Crippen LogP contribution in [0.5, 0.6) is 0 Å². The molecule has 0 unspecified atom stereocenters. The molecule has 2 amide bonds. The van der Waals surface area contributed by atoms with Crippen LogP contribution >= 0.6 is 0 Å². The Kier molecular flexibility index (Phi) is 5.25. The van der Waals surface area contributed by atoms with Gasteiger partial charge in [0.15, 0.2) is 0 Å². The number of carboxylic acids is 1. The van der Waals surface area contributed by atoms with Crippen LogP contribution < -0.4 is 0 Å². The summed E-state index contributed by atoms with van der Waals surface area (Å²) in [5.74, 6) is -0.202. The molecule has 0 bridgehead atoms. The summed E-state index contributed by atoms with van der Waals surface area (Å²) < 4.78 is 0. The van der Waals surface area contributed by atoms with E-state index >= 15 is 0 Å². The van der Waals surface area contributed by atoms with Crippen LogP contribution in [0.1, 0.15) is 32.6 Å². The highest BCUT2D eigenvalue weighted by Crippen LogP contribution is 2.30. The summed E-state index contributed by atoms with van der Waals surface area (Å²) in [4.78, 5) is 25.9. The van der Waals surface area contributed by atoms with Gasteiger partial charge < -0.3 is 14.9 Å². The summed E-state index contributed by atoms with van der Waals surface area (Å²) in [5.41, 5.74) is 0. The van der Waals surface area contributed by atoms with Crippen molar-refractivity contribution in [3.8, 4) is 0 Å². The molecular formula is C12H22N2O3. The lowest BCUT2D eigenvalue weighted by Gasteiger charge is -2.27. The van der Waals surface area contributed by atoms with E-state index in [9.17, 15) is 9.59 Å². The molecule has 17 heavy (non-hydrogen) atoms. The molecule has 1 rings (SSSR count). The van der Waals surface area contributed by atoms with Crippen molar-refractivity contribution in [2.24, 2.45) is 5.92 Å². The molecule has 1 N–H and O–H groups in total. The van der Waals surface area contributed by atoms with Crippen LogP contribution in [0, 0.1) is 5.92 Å². The highest BCUT2D eigenvalue weighted by atomic mass is 16.4. The van der Waals surface area contributed by atoms with Crippen LogP contribution in [0.15, 0.2) is 0 Å². The number of nitrogens with zero attached hydrogens (tertiary/aromatic N) is 2. The highest BCUT2D eigenvalue weighted by molar-refractivity contribution is 5.75. The van der Waals surface area contributed by atoms with E-state index in [1.54, 1.807) is 7.05 Å². The first kappa shape index (κ1) is 13.8. The minimum Gasteiger partial charge on any atom is -0.481 e. The number of amides is 2. The molecule has 0 aromatic rings. The molecule has 1 fully saturated rings. The first-order valence-electron chi connectivity index (χ1n) is 6.26. The molecule has 0 spiro atoms. The first-order valence-corrected chi connectivity index (χ1v) is 6.26. The molecular weight excluding hydrogens is 220 g/mol.